The number of rotatable bonds is 8. The normalized spacial score (nSPS) is 15.5. The first-order chi connectivity index (χ1) is 15.6. The zero-order chi connectivity index (χ0) is 22.3. The second-order valence-corrected chi connectivity index (χ2v) is 8.94. The molecular formula is C21H23N5O4S2. The van der Waals surface area contributed by atoms with Crippen molar-refractivity contribution < 1.29 is 19.1 Å². The van der Waals surface area contributed by atoms with Gasteiger partial charge in [-0.1, -0.05) is 17.8 Å². The van der Waals surface area contributed by atoms with E-state index in [-0.39, 0.29) is 17.8 Å². The maximum absolute atomic E-state index is 12.3. The molecule has 1 atom stereocenters. The first-order valence-electron chi connectivity index (χ1n) is 10.1. The molecule has 2 aromatic heterocycles. The topological polar surface area (TPSA) is 107 Å². The number of hydrogen-bond acceptors (Lipinski definition) is 8. The van der Waals surface area contributed by atoms with Gasteiger partial charge < -0.3 is 9.47 Å². The average molecular weight is 474 g/mol. The number of amides is 2. The van der Waals surface area contributed by atoms with Gasteiger partial charge in [0.2, 0.25) is 5.91 Å². The van der Waals surface area contributed by atoms with E-state index in [9.17, 15) is 9.59 Å². The van der Waals surface area contributed by atoms with Crippen molar-refractivity contribution in [3.8, 4) is 16.5 Å². The highest BCUT2D eigenvalue weighted by atomic mass is 32.2. The molecule has 11 heteroatoms. The Labute approximate surface area is 193 Å². The lowest BCUT2D eigenvalue weighted by Crippen LogP contribution is -2.42. The smallest absolute Gasteiger partial charge is 0.269 e. The van der Waals surface area contributed by atoms with Crippen LogP contribution in [0, 0.1) is 0 Å². The Balaban J connectivity index is 1.35. The molecule has 1 fully saturated rings. The number of ether oxygens (including phenoxy) is 2. The maximum atomic E-state index is 12.3. The Hall–Kier alpha value is -2.89. The van der Waals surface area contributed by atoms with E-state index < -0.39 is 5.91 Å². The van der Waals surface area contributed by atoms with Gasteiger partial charge in [-0.05, 0) is 48.6 Å². The van der Waals surface area contributed by atoms with Gasteiger partial charge in [0.25, 0.3) is 5.91 Å². The fourth-order valence-electron chi connectivity index (χ4n) is 3.25. The Morgan fingerprint density at radius 1 is 1.25 bits per heavy atom. The molecule has 2 N–H and O–H groups in total. The summed E-state index contributed by atoms with van der Waals surface area (Å²) in [5.41, 5.74) is 5.27. The van der Waals surface area contributed by atoms with Crippen LogP contribution in [0.25, 0.3) is 10.7 Å². The van der Waals surface area contributed by atoms with Gasteiger partial charge in [0.1, 0.15) is 5.75 Å². The third-order valence-electron chi connectivity index (χ3n) is 4.87. The van der Waals surface area contributed by atoms with Gasteiger partial charge >= 0.3 is 0 Å². The molecule has 1 aliphatic heterocycles. The molecule has 168 valence electrons. The van der Waals surface area contributed by atoms with Crippen LogP contribution in [-0.4, -0.2) is 52.2 Å². The number of carbonyl (C=O) groups excluding carboxylic acids is 2. The van der Waals surface area contributed by atoms with Gasteiger partial charge in [0.15, 0.2) is 11.0 Å². The number of hydrogen-bond donors (Lipinski definition) is 2. The van der Waals surface area contributed by atoms with E-state index in [1.165, 1.54) is 11.8 Å². The fourth-order valence-corrected chi connectivity index (χ4v) is 4.71. The first kappa shape index (κ1) is 22.3. The van der Waals surface area contributed by atoms with Crippen molar-refractivity contribution in [3.05, 3.63) is 47.3 Å². The summed E-state index contributed by atoms with van der Waals surface area (Å²) < 4.78 is 12.9. The quantitative estimate of drug-likeness (QED) is 0.383. The van der Waals surface area contributed by atoms with Crippen LogP contribution in [0.2, 0.25) is 0 Å². The predicted molar refractivity (Wildman–Crippen MR) is 122 cm³/mol. The number of thiophene rings is 1. The summed E-state index contributed by atoms with van der Waals surface area (Å²) in [7, 11) is 1.55. The zero-order valence-corrected chi connectivity index (χ0v) is 19.1. The molecule has 0 saturated carbocycles. The van der Waals surface area contributed by atoms with E-state index in [4.69, 9.17) is 9.47 Å². The van der Waals surface area contributed by atoms with E-state index in [0.717, 1.165) is 30.2 Å². The molecule has 0 spiro atoms. The maximum Gasteiger partial charge on any atom is 0.269 e. The number of nitrogens with zero attached hydrogens (tertiary/aromatic N) is 3. The lowest BCUT2D eigenvalue weighted by molar-refractivity contribution is -0.119. The van der Waals surface area contributed by atoms with E-state index in [0.29, 0.717) is 23.0 Å². The molecular weight excluding hydrogens is 450 g/mol. The van der Waals surface area contributed by atoms with Gasteiger partial charge in [-0.3, -0.25) is 25.0 Å². The number of nitrogens with one attached hydrogen (secondary N) is 2. The SMILES string of the molecule is COc1ccc(C(=O)NNC(=O)CSc2nnc(-c3cccs3)n2C[C@H]2CCCO2)cc1. The average Bonchev–Trinajstić information content (AvgIpc) is 3.59. The molecule has 4 rings (SSSR count). The van der Waals surface area contributed by atoms with Crippen LogP contribution in [0.1, 0.15) is 23.2 Å². The minimum Gasteiger partial charge on any atom is -0.497 e. The van der Waals surface area contributed by atoms with Crippen LogP contribution in [0.4, 0.5) is 0 Å². The van der Waals surface area contributed by atoms with Crippen LogP contribution >= 0.6 is 23.1 Å². The molecule has 1 aliphatic rings. The standard InChI is InChI=1S/C21H23N5O4S2/c1-29-15-8-6-14(7-9-15)20(28)24-22-18(27)13-32-21-25-23-19(17-5-3-11-31-17)26(21)12-16-4-2-10-30-16/h3,5-9,11,16H,2,4,10,12-13H2,1H3,(H,22,27)(H,24,28)/t16-/m1/s1. The summed E-state index contributed by atoms with van der Waals surface area (Å²) in [5, 5.41) is 11.3. The minimum absolute atomic E-state index is 0.0803. The summed E-state index contributed by atoms with van der Waals surface area (Å²) in [6, 6.07) is 10.6. The van der Waals surface area contributed by atoms with Gasteiger partial charge in [0.05, 0.1) is 30.4 Å². The molecule has 0 unspecified atom stereocenters. The molecule has 0 bridgehead atoms. The second kappa shape index (κ2) is 10.6. The van der Waals surface area contributed by atoms with Crippen molar-refractivity contribution in [1.82, 2.24) is 25.6 Å². The lowest BCUT2D eigenvalue weighted by Gasteiger charge is -2.14. The molecule has 3 aromatic rings. The van der Waals surface area contributed by atoms with Gasteiger partial charge in [-0.15, -0.1) is 21.5 Å². The molecule has 0 aliphatic carbocycles. The highest BCUT2D eigenvalue weighted by molar-refractivity contribution is 7.99. The van der Waals surface area contributed by atoms with E-state index in [1.807, 2.05) is 22.1 Å². The molecule has 0 radical (unpaired) electrons. The van der Waals surface area contributed by atoms with Crippen LogP contribution in [0.5, 0.6) is 5.75 Å². The van der Waals surface area contributed by atoms with Crippen molar-refractivity contribution in [2.24, 2.45) is 0 Å². The van der Waals surface area contributed by atoms with Crippen molar-refractivity contribution in [1.29, 1.82) is 0 Å². The van der Waals surface area contributed by atoms with Crippen molar-refractivity contribution in [2.75, 3.05) is 19.5 Å². The summed E-state index contributed by atoms with van der Waals surface area (Å²) in [5.74, 6) is 0.743. The molecule has 3 heterocycles. The second-order valence-electron chi connectivity index (χ2n) is 7.05. The molecule has 1 aromatic carbocycles. The number of methoxy groups -OCH3 is 1. The predicted octanol–water partition coefficient (Wildman–Crippen LogP) is 2.75. The Bertz CT molecular complexity index is 1050. The third kappa shape index (κ3) is 5.47. The van der Waals surface area contributed by atoms with Crippen LogP contribution in [0.15, 0.2) is 46.9 Å². The molecule has 1 saturated heterocycles. The van der Waals surface area contributed by atoms with E-state index in [1.54, 1.807) is 42.7 Å². The van der Waals surface area contributed by atoms with E-state index in [2.05, 4.69) is 21.0 Å². The monoisotopic (exact) mass is 473 g/mol. The van der Waals surface area contributed by atoms with Gasteiger partial charge in [-0.25, -0.2) is 0 Å². The van der Waals surface area contributed by atoms with E-state index >= 15 is 0 Å². The Morgan fingerprint density at radius 2 is 2.09 bits per heavy atom. The zero-order valence-electron chi connectivity index (χ0n) is 17.4. The molecule has 2 amide bonds. The van der Waals surface area contributed by atoms with Gasteiger partial charge in [-0.2, -0.15) is 0 Å². The van der Waals surface area contributed by atoms with Crippen LogP contribution in [0.3, 0.4) is 0 Å². The molecule has 32 heavy (non-hydrogen) atoms. The largest absolute Gasteiger partial charge is 0.497 e. The molecule has 9 nitrogen and oxygen atoms in total. The Kier molecular flexibility index (Phi) is 7.40. The number of hydrazine groups is 1. The minimum atomic E-state index is -0.410. The third-order valence-corrected chi connectivity index (χ3v) is 6.70. The van der Waals surface area contributed by atoms with Crippen LogP contribution < -0.4 is 15.6 Å². The van der Waals surface area contributed by atoms with Crippen molar-refractivity contribution in [2.45, 2.75) is 30.6 Å². The number of thioether (sulfide) groups is 1. The van der Waals surface area contributed by atoms with Crippen molar-refractivity contribution >= 4 is 34.9 Å². The van der Waals surface area contributed by atoms with Gasteiger partial charge in [0, 0.05) is 12.2 Å². The highest BCUT2D eigenvalue weighted by Gasteiger charge is 2.22. The number of carbonyl (C=O) groups is 2. The highest BCUT2D eigenvalue weighted by Crippen LogP contribution is 2.29. The summed E-state index contributed by atoms with van der Waals surface area (Å²) in [6.45, 7) is 1.40. The first-order valence-corrected chi connectivity index (χ1v) is 12.0. The lowest BCUT2D eigenvalue weighted by atomic mass is 10.2. The van der Waals surface area contributed by atoms with Crippen molar-refractivity contribution in [3.63, 3.8) is 0 Å². The number of benzene rings is 1. The fraction of sp³-hybridized carbons (Fsp3) is 0.333. The number of aromatic nitrogens is 3. The Morgan fingerprint density at radius 3 is 2.78 bits per heavy atom. The summed E-state index contributed by atoms with van der Waals surface area (Å²) in [6.07, 6.45) is 2.14. The summed E-state index contributed by atoms with van der Waals surface area (Å²) in [4.78, 5) is 25.5. The summed E-state index contributed by atoms with van der Waals surface area (Å²) >= 11 is 2.86. The van der Waals surface area contributed by atoms with Crippen LogP contribution in [-0.2, 0) is 16.1 Å².